The van der Waals surface area contributed by atoms with Gasteiger partial charge in [0.2, 0.25) is 0 Å². The molecule has 0 heterocycles. The average molecular weight is 224 g/mol. The lowest BCUT2D eigenvalue weighted by molar-refractivity contribution is 0.172. The third-order valence-electron chi connectivity index (χ3n) is 3.73. The second-order valence-corrected chi connectivity index (χ2v) is 4.76. The third-order valence-corrected chi connectivity index (χ3v) is 3.73. The van der Waals surface area contributed by atoms with Crippen molar-refractivity contribution in [2.75, 3.05) is 0 Å². The highest BCUT2D eigenvalue weighted by Crippen LogP contribution is 2.39. The van der Waals surface area contributed by atoms with E-state index in [1.165, 1.54) is 12.1 Å². The zero-order chi connectivity index (χ0) is 11.5. The molecule has 0 aliphatic heterocycles. The number of benzene rings is 1. The molecule has 2 rings (SSSR count). The van der Waals surface area contributed by atoms with Gasteiger partial charge in [0, 0.05) is 5.92 Å². The van der Waals surface area contributed by atoms with Crippen LogP contribution in [0, 0.1) is 11.7 Å². The van der Waals surface area contributed by atoms with Crippen molar-refractivity contribution in [2.45, 2.75) is 44.7 Å². The highest BCUT2D eigenvalue weighted by atomic mass is 19.1. The normalized spacial score (nSPS) is 30.3. The topological polar surface area (TPSA) is 0 Å². The third kappa shape index (κ3) is 2.42. The summed E-state index contributed by atoms with van der Waals surface area (Å²) >= 11 is 0. The molecule has 1 aromatic rings. The van der Waals surface area contributed by atoms with Gasteiger partial charge in [-0.05, 0) is 42.9 Å². The van der Waals surface area contributed by atoms with Crippen molar-refractivity contribution in [2.24, 2.45) is 5.92 Å². The fraction of sp³-hybridized carbons (Fsp3) is 0.571. The summed E-state index contributed by atoms with van der Waals surface area (Å²) in [6.07, 6.45) is 2.76. The molecule has 0 bridgehead atoms. The first-order chi connectivity index (χ1) is 7.70. The summed E-state index contributed by atoms with van der Waals surface area (Å²) in [6, 6.07) is 6.41. The van der Waals surface area contributed by atoms with E-state index in [0.29, 0.717) is 12.3 Å². The highest BCUT2D eigenvalue weighted by Gasteiger charge is 2.30. The summed E-state index contributed by atoms with van der Waals surface area (Å²) in [5.74, 6) is 0.234. The van der Waals surface area contributed by atoms with Gasteiger partial charge < -0.3 is 0 Å². The van der Waals surface area contributed by atoms with Crippen LogP contribution in [0.5, 0.6) is 0 Å². The maximum atomic E-state index is 13.9. The molecular formula is C14H18F2. The summed E-state index contributed by atoms with van der Waals surface area (Å²) < 4.78 is 27.0. The molecule has 0 N–H and O–H groups in total. The van der Waals surface area contributed by atoms with Crippen molar-refractivity contribution < 1.29 is 8.78 Å². The maximum absolute atomic E-state index is 13.9. The van der Waals surface area contributed by atoms with Crippen LogP contribution in [-0.2, 0) is 0 Å². The Labute approximate surface area is 95.7 Å². The maximum Gasteiger partial charge on any atom is 0.123 e. The predicted octanol–water partition coefficient (Wildman–Crippen LogP) is 4.46. The fourth-order valence-electron chi connectivity index (χ4n) is 2.67. The Kier molecular flexibility index (Phi) is 3.57. The molecule has 2 heteroatoms. The van der Waals surface area contributed by atoms with Gasteiger partial charge in [-0.25, -0.2) is 8.78 Å². The van der Waals surface area contributed by atoms with Crippen LogP contribution in [0.2, 0.25) is 0 Å². The van der Waals surface area contributed by atoms with E-state index in [-0.39, 0.29) is 11.7 Å². The van der Waals surface area contributed by atoms with Crippen LogP contribution >= 0.6 is 0 Å². The van der Waals surface area contributed by atoms with Crippen LogP contribution < -0.4 is 0 Å². The molecule has 1 aliphatic carbocycles. The Balaban J connectivity index is 2.17. The smallest absolute Gasteiger partial charge is 0.123 e. The summed E-state index contributed by atoms with van der Waals surface area (Å²) in [6.45, 7) is 2.14. The van der Waals surface area contributed by atoms with Gasteiger partial charge in [-0.3, -0.25) is 0 Å². The molecule has 0 amide bonds. The largest absolute Gasteiger partial charge is 0.247 e. The minimum atomic E-state index is -0.801. The van der Waals surface area contributed by atoms with Crippen molar-refractivity contribution in [3.63, 3.8) is 0 Å². The van der Waals surface area contributed by atoms with E-state index in [1.807, 2.05) is 6.07 Å². The van der Waals surface area contributed by atoms with Crippen molar-refractivity contribution in [1.29, 1.82) is 0 Å². The van der Waals surface area contributed by atoms with E-state index in [4.69, 9.17) is 0 Å². The lowest BCUT2D eigenvalue weighted by Crippen LogP contribution is -2.24. The Bertz CT molecular complexity index is 348. The van der Waals surface area contributed by atoms with E-state index in [2.05, 4.69) is 6.92 Å². The molecule has 0 aromatic heterocycles. The van der Waals surface area contributed by atoms with E-state index in [9.17, 15) is 8.78 Å². The molecule has 1 fully saturated rings. The molecule has 3 unspecified atom stereocenters. The molecule has 0 saturated heterocycles. The second kappa shape index (κ2) is 4.94. The lowest BCUT2D eigenvalue weighted by atomic mass is 9.76. The summed E-state index contributed by atoms with van der Waals surface area (Å²) in [5, 5.41) is 0. The van der Waals surface area contributed by atoms with Crippen LogP contribution in [0.25, 0.3) is 0 Å². The van der Waals surface area contributed by atoms with Gasteiger partial charge in [0.15, 0.2) is 0 Å². The fourth-order valence-corrected chi connectivity index (χ4v) is 2.67. The Morgan fingerprint density at radius 1 is 1.31 bits per heavy atom. The Morgan fingerprint density at radius 3 is 2.81 bits per heavy atom. The van der Waals surface area contributed by atoms with Crippen molar-refractivity contribution in [3.05, 3.63) is 35.6 Å². The predicted molar refractivity (Wildman–Crippen MR) is 61.7 cm³/mol. The zero-order valence-electron chi connectivity index (χ0n) is 9.63. The number of halogens is 2. The van der Waals surface area contributed by atoms with E-state index >= 15 is 0 Å². The van der Waals surface area contributed by atoms with Gasteiger partial charge >= 0.3 is 0 Å². The summed E-state index contributed by atoms with van der Waals surface area (Å²) in [5.41, 5.74) is 0.825. The van der Waals surface area contributed by atoms with E-state index in [0.717, 1.165) is 24.8 Å². The molecule has 1 aliphatic rings. The quantitative estimate of drug-likeness (QED) is 0.695. The highest BCUT2D eigenvalue weighted by molar-refractivity contribution is 5.22. The van der Waals surface area contributed by atoms with Crippen molar-refractivity contribution in [3.8, 4) is 0 Å². The summed E-state index contributed by atoms with van der Waals surface area (Å²) in [7, 11) is 0. The second-order valence-electron chi connectivity index (χ2n) is 4.76. The van der Waals surface area contributed by atoms with Gasteiger partial charge in [0.1, 0.15) is 12.0 Å². The van der Waals surface area contributed by atoms with Crippen LogP contribution in [0.3, 0.4) is 0 Å². The van der Waals surface area contributed by atoms with Crippen molar-refractivity contribution in [1.82, 2.24) is 0 Å². The van der Waals surface area contributed by atoms with Crippen LogP contribution in [0.1, 0.15) is 44.1 Å². The van der Waals surface area contributed by atoms with Crippen molar-refractivity contribution >= 4 is 0 Å². The molecule has 0 spiro atoms. The zero-order valence-corrected chi connectivity index (χ0v) is 9.63. The molecule has 1 saturated carbocycles. The van der Waals surface area contributed by atoms with Gasteiger partial charge in [-0.2, -0.15) is 0 Å². The first kappa shape index (κ1) is 11.6. The number of hydrogen-bond acceptors (Lipinski definition) is 0. The number of alkyl halides is 1. The Morgan fingerprint density at radius 2 is 2.12 bits per heavy atom. The first-order valence-electron chi connectivity index (χ1n) is 6.10. The van der Waals surface area contributed by atoms with Crippen LogP contribution in [0.15, 0.2) is 24.3 Å². The standard InChI is InChI=1S/C14H18F2/c1-2-10-6-7-14(16)13(8-10)11-4-3-5-12(15)9-11/h3-5,9-10,13-14H,2,6-8H2,1H3. The Hall–Kier alpha value is -0.920. The molecule has 0 nitrogen and oxygen atoms in total. The molecule has 88 valence electrons. The van der Waals surface area contributed by atoms with Gasteiger partial charge in [0.05, 0.1) is 0 Å². The molecule has 16 heavy (non-hydrogen) atoms. The minimum absolute atomic E-state index is 0.102. The van der Waals surface area contributed by atoms with Gasteiger partial charge in [-0.1, -0.05) is 25.5 Å². The van der Waals surface area contributed by atoms with E-state index in [1.54, 1.807) is 6.07 Å². The first-order valence-corrected chi connectivity index (χ1v) is 6.10. The molecule has 3 atom stereocenters. The number of hydrogen-bond donors (Lipinski definition) is 0. The monoisotopic (exact) mass is 224 g/mol. The molecule has 1 aromatic carbocycles. The lowest BCUT2D eigenvalue weighted by Gasteiger charge is -2.31. The van der Waals surface area contributed by atoms with Crippen LogP contribution in [-0.4, -0.2) is 6.17 Å². The SMILES string of the molecule is CCC1CCC(F)C(c2cccc(F)c2)C1. The van der Waals surface area contributed by atoms with E-state index < -0.39 is 6.17 Å². The van der Waals surface area contributed by atoms with Gasteiger partial charge in [0.25, 0.3) is 0 Å². The van der Waals surface area contributed by atoms with Gasteiger partial charge in [-0.15, -0.1) is 0 Å². The molecule has 0 radical (unpaired) electrons. The number of rotatable bonds is 2. The average Bonchev–Trinajstić information content (AvgIpc) is 2.30. The van der Waals surface area contributed by atoms with Crippen LogP contribution in [0.4, 0.5) is 8.78 Å². The summed E-state index contributed by atoms with van der Waals surface area (Å²) in [4.78, 5) is 0. The minimum Gasteiger partial charge on any atom is -0.247 e. The molecular weight excluding hydrogens is 206 g/mol.